The molecule has 0 aliphatic heterocycles. The topological polar surface area (TPSA) is 70.7 Å². The Kier molecular flexibility index (Phi) is 4.51. The smallest absolute Gasteiger partial charge is 0.318 e. The molecule has 1 aromatic heterocycles. The van der Waals surface area contributed by atoms with Gasteiger partial charge in [0.1, 0.15) is 5.82 Å². The standard InChI is InChI=1S/C12H11F3N4OS/c1-7-16-11(19-18-7)21-6-8-2-4-9(5-3-8)17-10(20)12(13,14)15/h2-5H,6H2,1H3,(H,17,20)(H,16,18,19). The highest BCUT2D eigenvalue weighted by Gasteiger charge is 2.38. The highest BCUT2D eigenvalue weighted by atomic mass is 32.2. The lowest BCUT2D eigenvalue weighted by atomic mass is 10.2. The molecular weight excluding hydrogens is 305 g/mol. The van der Waals surface area contributed by atoms with Crippen molar-refractivity contribution < 1.29 is 18.0 Å². The number of hydrogen-bond donors (Lipinski definition) is 2. The molecule has 1 amide bonds. The number of thioether (sulfide) groups is 1. The molecule has 0 aliphatic carbocycles. The van der Waals surface area contributed by atoms with Gasteiger partial charge in [-0.2, -0.15) is 13.2 Å². The van der Waals surface area contributed by atoms with Crippen molar-refractivity contribution in [2.45, 2.75) is 24.0 Å². The second-order valence-electron chi connectivity index (χ2n) is 4.14. The monoisotopic (exact) mass is 316 g/mol. The van der Waals surface area contributed by atoms with Crippen LogP contribution in [0.1, 0.15) is 11.4 Å². The van der Waals surface area contributed by atoms with Gasteiger partial charge in [0.05, 0.1) is 0 Å². The minimum absolute atomic E-state index is 0.0970. The van der Waals surface area contributed by atoms with Crippen LogP contribution in [0.15, 0.2) is 29.4 Å². The number of nitrogens with zero attached hydrogens (tertiary/aromatic N) is 2. The Bertz CT molecular complexity index is 624. The fraction of sp³-hybridized carbons (Fsp3) is 0.250. The van der Waals surface area contributed by atoms with Crippen molar-refractivity contribution in [2.24, 2.45) is 0 Å². The number of rotatable bonds is 4. The predicted octanol–water partition coefficient (Wildman–Crippen LogP) is 2.91. The number of carbonyl (C=O) groups is 1. The Hall–Kier alpha value is -2.03. The summed E-state index contributed by atoms with van der Waals surface area (Å²) in [4.78, 5) is 14.9. The van der Waals surface area contributed by atoms with E-state index in [1.807, 2.05) is 0 Å². The Labute approximate surface area is 122 Å². The molecule has 0 aliphatic rings. The summed E-state index contributed by atoms with van der Waals surface area (Å²) in [5, 5.41) is 9.06. The van der Waals surface area contributed by atoms with Crippen molar-refractivity contribution in [3.05, 3.63) is 35.7 Å². The number of anilines is 1. The molecule has 2 N–H and O–H groups in total. The molecule has 2 aromatic rings. The number of aromatic amines is 1. The molecule has 1 aromatic carbocycles. The van der Waals surface area contributed by atoms with Gasteiger partial charge in [0.2, 0.25) is 5.16 Å². The summed E-state index contributed by atoms with van der Waals surface area (Å²) in [6.07, 6.45) is -4.89. The lowest BCUT2D eigenvalue weighted by Gasteiger charge is -2.08. The summed E-state index contributed by atoms with van der Waals surface area (Å²) < 4.78 is 36.3. The van der Waals surface area contributed by atoms with E-state index in [0.29, 0.717) is 16.7 Å². The van der Waals surface area contributed by atoms with Crippen molar-refractivity contribution in [3.63, 3.8) is 0 Å². The Morgan fingerprint density at radius 1 is 1.33 bits per heavy atom. The maximum absolute atomic E-state index is 12.1. The number of alkyl halides is 3. The van der Waals surface area contributed by atoms with Crippen molar-refractivity contribution in [1.29, 1.82) is 0 Å². The van der Waals surface area contributed by atoms with Crippen LogP contribution >= 0.6 is 11.8 Å². The highest BCUT2D eigenvalue weighted by Crippen LogP contribution is 2.22. The van der Waals surface area contributed by atoms with Gasteiger partial charge in [-0.25, -0.2) is 4.98 Å². The third-order valence-electron chi connectivity index (χ3n) is 2.41. The Morgan fingerprint density at radius 2 is 2.00 bits per heavy atom. The molecule has 0 unspecified atom stereocenters. The van der Waals surface area contributed by atoms with Gasteiger partial charge in [0.25, 0.3) is 0 Å². The van der Waals surface area contributed by atoms with E-state index in [1.54, 1.807) is 24.4 Å². The number of hydrogen-bond acceptors (Lipinski definition) is 4. The van der Waals surface area contributed by atoms with E-state index in [4.69, 9.17) is 0 Å². The van der Waals surface area contributed by atoms with E-state index in [0.717, 1.165) is 5.56 Å². The minimum Gasteiger partial charge on any atom is -0.318 e. The van der Waals surface area contributed by atoms with Crippen LogP contribution < -0.4 is 5.32 Å². The normalized spacial score (nSPS) is 11.4. The van der Waals surface area contributed by atoms with Gasteiger partial charge >= 0.3 is 12.1 Å². The number of nitrogens with one attached hydrogen (secondary N) is 2. The molecule has 0 bridgehead atoms. The molecule has 9 heteroatoms. The molecular formula is C12H11F3N4OS. The maximum atomic E-state index is 12.1. The summed E-state index contributed by atoms with van der Waals surface area (Å²) in [6, 6.07) is 6.11. The van der Waals surface area contributed by atoms with E-state index < -0.39 is 12.1 Å². The fourth-order valence-electron chi connectivity index (χ4n) is 1.42. The number of carbonyl (C=O) groups excluding carboxylic acids is 1. The lowest BCUT2D eigenvalue weighted by Crippen LogP contribution is -2.29. The van der Waals surface area contributed by atoms with Crippen LogP contribution in [0, 0.1) is 6.92 Å². The summed E-state index contributed by atoms with van der Waals surface area (Å²) in [5.41, 5.74) is 0.979. The van der Waals surface area contributed by atoms with Crippen molar-refractivity contribution >= 4 is 23.4 Å². The van der Waals surface area contributed by atoms with Gasteiger partial charge in [-0.1, -0.05) is 23.9 Å². The zero-order valence-electron chi connectivity index (χ0n) is 10.9. The number of benzene rings is 1. The summed E-state index contributed by atoms with van der Waals surface area (Å²) in [5.74, 6) is -0.700. The Balaban J connectivity index is 1.91. The molecule has 0 fully saturated rings. The zero-order chi connectivity index (χ0) is 15.5. The van der Waals surface area contributed by atoms with Crippen LogP contribution in [0.4, 0.5) is 18.9 Å². The second-order valence-corrected chi connectivity index (χ2v) is 5.08. The second kappa shape index (κ2) is 6.17. The van der Waals surface area contributed by atoms with Gasteiger partial charge in [-0.15, -0.1) is 5.10 Å². The number of aryl methyl sites for hydroxylation is 1. The van der Waals surface area contributed by atoms with Crippen molar-refractivity contribution in [3.8, 4) is 0 Å². The predicted molar refractivity (Wildman–Crippen MR) is 71.8 cm³/mol. The first-order chi connectivity index (χ1) is 9.84. The van der Waals surface area contributed by atoms with E-state index in [9.17, 15) is 18.0 Å². The van der Waals surface area contributed by atoms with Gasteiger partial charge in [0.15, 0.2) is 0 Å². The maximum Gasteiger partial charge on any atom is 0.471 e. The first-order valence-corrected chi connectivity index (χ1v) is 6.82. The first-order valence-electron chi connectivity index (χ1n) is 5.83. The first kappa shape index (κ1) is 15.4. The van der Waals surface area contributed by atoms with E-state index in [-0.39, 0.29) is 5.69 Å². The number of halogens is 3. The molecule has 112 valence electrons. The fourth-order valence-corrected chi connectivity index (χ4v) is 2.22. The minimum atomic E-state index is -4.89. The molecule has 0 saturated heterocycles. The molecule has 0 spiro atoms. The molecule has 21 heavy (non-hydrogen) atoms. The number of H-pyrrole nitrogens is 1. The highest BCUT2D eigenvalue weighted by molar-refractivity contribution is 7.98. The van der Waals surface area contributed by atoms with Crippen LogP contribution in [0.25, 0.3) is 0 Å². The van der Waals surface area contributed by atoms with Gasteiger partial charge < -0.3 is 5.32 Å². The van der Waals surface area contributed by atoms with E-state index >= 15 is 0 Å². The molecule has 1 heterocycles. The largest absolute Gasteiger partial charge is 0.471 e. The quantitative estimate of drug-likeness (QED) is 0.851. The number of aromatic nitrogens is 3. The van der Waals surface area contributed by atoms with Crippen LogP contribution in [-0.2, 0) is 10.5 Å². The van der Waals surface area contributed by atoms with E-state index in [2.05, 4.69) is 15.2 Å². The summed E-state index contributed by atoms with van der Waals surface area (Å²) >= 11 is 1.40. The molecule has 0 radical (unpaired) electrons. The van der Waals surface area contributed by atoms with Crippen LogP contribution in [0.2, 0.25) is 0 Å². The Morgan fingerprint density at radius 3 is 2.52 bits per heavy atom. The molecule has 0 saturated carbocycles. The third kappa shape index (κ3) is 4.48. The lowest BCUT2D eigenvalue weighted by molar-refractivity contribution is -0.167. The third-order valence-corrected chi connectivity index (χ3v) is 3.33. The van der Waals surface area contributed by atoms with Crippen molar-refractivity contribution in [2.75, 3.05) is 5.32 Å². The van der Waals surface area contributed by atoms with Crippen molar-refractivity contribution in [1.82, 2.24) is 15.2 Å². The van der Waals surface area contributed by atoms with Crippen LogP contribution in [0.5, 0.6) is 0 Å². The molecule has 5 nitrogen and oxygen atoms in total. The molecule has 0 atom stereocenters. The van der Waals surface area contributed by atoms with Crippen LogP contribution in [-0.4, -0.2) is 27.3 Å². The van der Waals surface area contributed by atoms with Gasteiger partial charge in [-0.3, -0.25) is 9.89 Å². The SMILES string of the molecule is Cc1nc(SCc2ccc(NC(=O)C(F)(F)F)cc2)n[nH]1. The molecule has 2 rings (SSSR count). The summed E-state index contributed by atoms with van der Waals surface area (Å²) in [7, 11) is 0. The van der Waals surface area contributed by atoms with Crippen LogP contribution in [0.3, 0.4) is 0 Å². The number of amides is 1. The van der Waals surface area contributed by atoms with Gasteiger partial charge in [-0.05, 0) is 24.6 Å². The van der Waals surface area contributed by atoms with Gasteiger partial charge in [0, 0.05) is 11.4 Å². The average molecular weight is 316 g/mol. The average Bonchev–Trinajstić information content (AvgIpc) is 2.83. The van der Waals surface area contributed by atoms with E-state index in [1.165, 1.54) is 23.9 Å². The summed E-state index contributed by atoms with van der Waals surface area (Å²) in [6.45, 7) is 1.79. The zero-order valence-corrected chi connectivity index (χ0v) is 11.7.